The second kappa shape index (κ2) is 29.2. The van der Waals surface area contributed by atoms with Crippen LogP contribution in [0, 0.1) is 0 Å². The average Bonchev–Trinajstić information content (AvgIpc) is 4.26. The lowest BCUT2D eigenvalue weighted by Gasteiger charge is -2.33. The normalized spacial score (nSPS) is 21.0. The van der Waals surface area contributed by atoms with Gasteiger partial charge in [-0.05, 0) is 121 Å². The van der Waals surface area contributed by atoms with E-state index in [0.29, 0.717) is 50.6 Å². The number of nitrogens with zero attached hydrogens (tertiary/aromatic N) is 3. The van der Waals surface area contributed by atoms with E-state index in [1.807, 2.05) is 0 Å². The summed E-state index contributed by atoms with van der Waals surface area (Å²) in [6.45, 7) is 1.04. The Bertz CT molecular complexity index is 2330. The van der Waals surface area contributed by atoms with E-state index in [1.165, 1.54) is 39.0 Å². The maximum atomic E-state index is 14.6. The van der Waals surface area contributed by atoms with E-state index >= 15 is 0 Å². The van der Waals surface area contributed by atoms with E-state index in [4.69, 9.17) is 17.2 Å². The quantitative estimate of drug-likeness (QED) is 0.0350. The van der Waals surface area contributed by atoms with Crippen molar-refractivity contribution in [2.45, 2.75) is 170 Å². The number of rotatable bonds is 29. The molecule has 1 aromatic rings. The van der Waals surface area contributed by atoms with Gasteiger partial charge < -0.3 is 79.1 Å². The summed E-state index contributed by atoms with van der Waals surface area (Å²) < 4.78 is 0. The molecule has 0 saturated carbocycles. The van der Waals surface area contributed by atoms with Gasteiger partial charge in [0.15, 0.2) is 0 Å². The highest BCUT2D eigenvalue weighted by Gasteiger charge is 2.44. The van der Waals surface area contributed by atoms with Gasteiger partial charge in [-0.25, -0.2) is 4.79 Å². The van der Waals surface area contributed by atoms with Gasteiger partial charge in [0.05, 0.1) is 6.04 Å². The first-order valence-electron chi connectivity index (χ1n) is 26.3. The standard InChI is InChI=1S/C50H74N12O15/c51-22-2-1-7-32(56-43(69)31(18-21-41(66)67)55-44(70)36-9-4-25-61(36)48(74)33(16-19-39(52)64)57-42(68)30-8-3-23-54-30)47(73)60-24-5-11-38(60)46(72)59-35(27-28-12-14-29(63)15-13-28)49(75)62-26-6-10-37(62)45(71)58-34(50(76)77)17-20-40(53)65/h12-15,30-38,54,63H,1-11,16-27,51H2,(H2,52,64)(H2,53,65)(H,55,70)(H,56,69)(H,57,68)(H,58,71)(H,59,72)(H,66,67)(H,76,77)/t30-,31-,32-,33-,34-,35-,36-,37-,38-/m0/s1. The fraction of sp³-hybridized carbons (Fsp3) is 0.640. The number of phenolic OH excluding ortho intramolecular Hbond substituents is 1. The number of unbranched alkanes of at least 4 members (excludes halogenated alkanes) is 1. The van der Waals surface area contributed by atoms with E-state index in [2.05, 4.69) is 31.9 Å². The number of phenols is 1. The molecule has 0 bridgehead atoms. The molecule has 77 heavy (non-hydrogen) atoms. The number of aromatic hydroxyl groups is 1. The summed E-state index contributed by atoms with van der Waals surface area (Å²) in [5.41, 5.74) is 16.9. The van der Waals surface area contributed by atoms with E-state index in [1.54, 1.807) is 0 Å². The zero-order valence-corrected chi connectivity index (χ0v) is 43.1. The van der Waals surface area contributed by atoms with Crippen LogP contribution in [-0.2, 0) is 64.0 Å². The number of carbonyl (C=O) groups is 12. The summed E-state index contributed by atoms with van der Waals surface area (Å²) in [4.78, 5) is 163. The molecule has 4 saturated heterocycles. The van der Waals surface area contributed by atoms with Gasteiger partial charge in [0.2, 0.25) is 59.1 Å². The minimum absolute atomic E-state index is 0.0115. The van der Waals surface area contributed by atoms with E-state index in [0.717, 1.165) is 6.42 Å². The van der Waals surface area contributed by atoms with Gasteiger partial charge in [0, 0.05) is 45.3 Å². The van der Waals surface area contributed by atoms with Crippen molar-refractivity contribution in [3.8, 4) is 5.75 Å². The predicted molar refractivity (Wildman–Crippen MR) is 271 cm³/mol. The summed E-state index contributed by atoms with van der Waals surface area (Å²) in [7, 11) is 0. The number of nitrogens with one attached hydrogen (secondary N) is 6. The van der Waals surface area contributed by atoms with Gasteiger partial charge in [-0.15, -0.1) is 0 Å². The van der Waals surface area contributed by atoms with Crippen molar-refractivity contribution in [3.63, 3.8) is 0 Å². The minimum Gasteiger partial charge on any atom is -0.508 e. The van der Waals surface area contributed by atoms with Crippen LogP contribution in [0.25, 0.3) is 0 Å². The highest BCUT2D eigenvalue weighted by Crippen LogP contribution is 2.25. The number of amides is 10. The predicted octanol–water partition coefficient (Wildman–Crippen LogP) is -3.31. The molecule has 0 aliphatic carbocycles. The summed E-state index contributed by atoms with van der Waals surface area (Å²) >= 11 is 0. The number of carboxylic acid groups (broad SMARTS) is 2. The maximum Gasteiger partial charge on any atom is 0.326 e. The third-order valence-electron chi connectivity index (χ3n) is 14.3. The van der Waals surface area contributed by atoms with E-state index < -0.39 is 138 Å². The lowest BCUT2D eigenvalue weighted by Crippen LogP contribution is -2.60. The Labute approximate surface area is 444 Å². The highest BCUT2D eigenvalue weighted by molar-refractivity contribution is 5.99. The number of aliphatic carboxylic acids is 2. The third-order valence-corrected chi connectivity index (χ3v) is 14.3. The monoisotopic (exact) mass is 1080 g/mol. The molecule has 0 aromatic heterocycles. The van der Waals surface area contributed by atoms with Gasteiger partial charge >= 0.3 is 11.9 Å². The molecule has 15 N–H and O–H groups in total. The fourth-order valence-corrected chi connectivity index (χ4v) is 10.2. The molecule has 0 spiro atoms. The van der Waals surface area contributed by atoms with Gasteiger partial charge in [-0.3, -0.25) is 52.7 Å². The van der Waals surface area contributed by atoms with Gasteiger partial charge in [0.1, 0.15) is 54.1 Å². The van der Waals surface area contributed by atoms with Gasteiger partial charge in [-0.2, -0.15) is 0 Å². The lowest BCUT2D eigenvalue weighted by atomic mass is 10.0. The first-order valence-corrected chi connectivity index (χ1v) is 26.3. The van der Waals surface area contributed by atoms with Gasteiger partial charge in [0.25, 0.3) is 0 Å². The number of nitrogens with two attached hydrogens (primary N) is 3. The highest BCUT2D eigenvalue weighted by atomic mass is 16.4. The molecule has 0 unspecified atom stereocenters. The molecule has 4 heterocycles. The van der Waals surface area contributed by atoms with E-state index in [-0.39, 0.29) is 89.7 Å². The van der Waals surface area contributed by atoms with Crippen molar-refractivity contribution in [1.29, 1.82) is 0 Å². The number of hydrogen-bond acceptors (Lipinski definition) is 15. The van der Waals surface area contributed by atoms with Crippen molar-refractivity contribution in [3.05, 3.63) is 29.8 Å². The van der Waals surface area contributed by atoms with Crippen LogP contribution in [0.15, 0.2) is 24.3 Å². The molecule has 424 valence electrons. The molecule has 1 aromatic carbocycles. The average molecular weight is 1080 g/mol. The second-order valence-electron chi connectivity index (χ2n) is 20.0. The molecule has 4 aliphatic rings. The second-order valence-corrected chi connectivity index (χ2v) is 20.0. The van der Waals surface area contributed by atoms with Crippen LogP contribution in [0.5, 0.6) is 5.75 Å². The largest absolute Gasteiger partial charge is 0.508 e. The number of carbonyl (C=O) groups excluding carboxylic acids is 10. The topological polar surface area (TPSA) is 425 Å². The molecule has 4 aliphatic heterocycles. The van der Waals surface area contributed by atoms with Crippen LogP contribution < -0.4 is 49.1 Å². The Morgan fingerprint density at radius 2 is 1.00 bits per heavy atom. The van der Waals surface area contributed by atoms with Gasteiger partial charge in [-0.1, -0.05) is 12.1 Å². The number of primary amides is 2. The fourth-order valence-electron chi connectivity index (χ4n) is 10.2. The molecular formula is C50H74N12O15. The summed E-state index contributed by atoms with van der Waals surface area (Å²) in [6.07, 6.45) is 1.36. The maximum absolute atomic E-state index is 14.6. The Morgan fingerprint density at radius 1 is 0.545 bits per heavy atom. The van der Waals surface area contributed by atoms with Crippen molar-refractivity contribution in [2.24, 2.45) is 17.2 Å². The van der Waals surface area contributed by atoms with Crippen LogP contribution >= 0.6 is 0 Å². The Hall–Kier alpha value is -7.42. The van der Waals surface area contributed by atoms with Crippen LogP contribution in [0.4, 0.5) is 0 Å². The molecule has 4 fully saturated rings. The number of carboxylic acids is 2. The first kappa shape index (κ1) is 60.4. The molecule has 10 amide bonds. The number of benzene rings is 1. The van der Waals surface area contributed by atoms with Crippen molar-refractivity contribution < 1.29 is 72.9 Å². The lowest BCUT2D eigenvalue weighted by molar-refractivity contribution is -0.146. The zero-order chi connectivity index (χ0) is 56.3. The molecule has 0 radical (unpaired) electrons. The molecule has 27 heteroatoms. The first-order chi connectivity index (χ1) is 36.7. The Balaban J connectivity index is 1.33. The van der Waals surface area contributed by atoms with Crippen molar-refractivity contribution in [1.82, 2.24) is 46.6 Å². The van der Waals surface area contributed by atoms with Crippen LogP contribution in [-0.4, -0.2) is 188 Å². The SMILES string of the molecule is NCCCC[C@H](NC(=O)[C@H](CCC(=O)O)NC(=O)[C@@H]1CCCN1C(=O)[C@H](CCC(N)=O)NC(=O)[C@@H]1CCCN1)C(=O)N1CCC[C@H]1C(=O)N[C@@H](Cc1ccc(O)cc1)C(=O)N1CCC[C@H]1C(=O)N[C@@H](CCC(N)=O)C(=O)O. The van der Waals surface area contributed by atoms with E-state index in [9.17, 15) is 72.9 Å². The third kappa shape index (κ3) is 17.6. The molecule has 5 rings (SSSR count). The van der Waals surface area contributed by atoms with Crippen LogP contribution in [0.1, 0.15) is 115 Å². The summed E-state index contributed by atoms with van der Waals surface area (Å²) in [6, 6.07) is -5.11. The summed E-state index contributed by atoms with van der Waals surface area (Å²) in [5.74, 6) is -10.0. The minimum atomic E-state index is -1.54. The smallest absolute Gasteiger partial charge is 0.326 e. The van der Waals surface area contributed by atoms with Crippen LogP contribution in [0.2, 0.25) is 0 Å². The number of likely N-dealkylation sites (tertiary alicyclic amines) is 3. The zero-order valence-electron chi connectivity index (χ0n) is 43.1. The molecule has 9 atom stereocenters. The molecular weight excluding hydrogens is 1010 g/mol. The Morgan fingerprint density at radius 3 is 1.47 bits per heavy atom. The molecule has 27 nitrogen and oxygen atoms in total. The summed E-state index contributed by atoms with van der Waals surface area (Å²) in [5, 5.41) is 45.5. The van der Waals surface area contributed by atoms with Crippen molar-refractivity contribution in [2.75, 3.05) is 32.7 Å². The van der Waals surface area contributed by atoms with Crippen LogP contribution in [0.3, 0.4) is 0 Å². The number of hydrogen-bond donors (Lipinski definition) is 12. The Kier molecular flexibility index (Phi) is 22.9. The van der Waals surface area contributed by atoms with Crippen molar-refractivity contribution >= 4 is 71.0 Å².